The Labute approximate surface area is 310 Å². The first-order valence-electron chi connectivity index (χ1n) is 16.9. The van der Waals surface area contributed by atoms with Crippen LogP contribution >= 0.6 is 76.8 Å². The van der Waals surface area contributed by atoms with Gasteiger partial charge in [-0.3, -0.25) is 17.8 Å². The zero-order chi connectivity index (χ0) is 38.1. The van der Waals surface area contributed by atoms with E-state index < -0.39 is 38.0 Å². The maximum Gasteiger partial charge on any atom is 0.388 e. The monoisotopic (exact) mass is 850 g/mol. The molecule has 1 saturated heterocycles. The normalized spacial score (nSPS) is 24.7. The number of alkyl halides is 4. The summed E-state index contributed by atoms with van der Waals surface area (Å²) >= 11 is 20.1. The zero-order valence-electron chi connectivity index (χ0n) is 30.1. The Kier molecular flexibility index (Phi) is 24.7. The molecule has 2 unspecified atom stereocenters. The highest BCUT2D eigenvalue weighted by atomic mass is 35.5. The second-order valence-corrected chi connectivity index (χ2v) is 26.5. The maximum atomic E-state index is 12.0. The summed E-state index contributed by atoms with van der Waals surface area (Å²) < 4.78 is 48.5. The summed E-state index contributed by atoms with van der Waals surface area (Å²) in [5.41, 5.74) is 0. The molecular weight excluding hydrogens is 790 g/mol. The highest BCUT2D eigenvalue weighted by Crippen LogP contribution is 2.93. The van der Waals surface area contributed by atoms with Crippen LogP contribution in [0.15, 0.2) is 0 Å². The highest BCUT2D eigenvalue weighted by molar-refractivity contribution is 7.92. The van der Waals surface area contributed by atoms with E-state index in [-0.39, 0.29) is 0 Å². The molecule has 1 rings (SSSR count). The molecule has 0 aromatic carbocycles. The minimum Gasteiger partial charge on any atom is -0.776 e. The lowest BCUT2D eigenvalue weighted by atomic mass is 10.2. The minimum absolute atomic E-state index is 1.32. The molecule has 0 saturated carbocycles. The van der Waals surface area contributed by atoms with Crippen molar-refractivity contribution >= 4 is 76.8 Å². The Hall–Kier alpha value is 1.76. The molecule has 0 aliphatic carbocycles. The van der Waals surface area contributed by atoms with Gasteiger partial charge in [-0.25, -0.2) is 0 Å². The van der Waals surface area contributed by atoms with E-state index in [1.165, 1.54) is 125 Å². The van der Waals surface area contributed by atoms with E-state index in [1.54, 1.807) is 0 Å². The van der Waals surface area contributed by atoms with Gasteiger partial charge in [-0.05, 0) is 38.5 Å². The van der Waals surface area contributed by atoms with Gasteiger partial charge >= 0.3 is 19.0 Å². The molecule has 1 aliphatic heterocycles. The van der Waals surface area contributed by atoms with Crippen molar-refractivity contribution < 1.29 is 55.4 Å². The number of rotatable bonds is 20. The summed E-state index contributed by atoms with van der Waals surface area (Å²) in [4.78, 5) is 40.5. The predicted octanol–water partition coefficient (Wildman–Crippen LogP) is 9.36. The van der Waals surface area contributed by atoms with Gasteiger partial charge in [-0.15, -0.1) is 0 Å². The maximum absolute atomic E-state index is 12.0. The zero-order valence-corrected chi connectivity index (χ0v) is 36.7. The quantitative estimate of drug-likeness (QED) is 0.0683. The summed E-state index contributed by atoms with van der Waals surface area (Å²) in [6.07, 6.45) is 16.4. The fraction of sp³-hybridized carbons (Fsp3) is 1.00. The number of quaternary nitrogens is 2. The van der Waals surface area contributed by atoms with Crippen molar-refractivity contribution in [3.63, 3.8) is 0 Å². The van der Waals surface area contributed by atoms with E-state index in [4.69, 9.17) is 56.2 Å². The lowest BCUT2D eigenvalue weighted by Crippen LogP contribution is -2.46. The molecule has 12 nitrogen and oxygen atoms in total. The third-order valence-corrected chi connectivity index (χ3v) is 22.2. The largest absolute Gasteiger partial charge is 0.776 e. The van der Waals surface area contributed by atoms with Crippen LogP contribution in [0.2, 0.25) is 0 Å². The van der Waals surface area contributed by atoms with Gasteiger partial charge in [-0.1, -0.05) is 126 Å². The molecule has 0 amide bonds. The Morgan fingerprint density at radius 3 is 1.00 bits per heavy atom. The van der Waals surface area contributed by atoms with Gasteiger partial charge in [0.15, 0.2) is 15.2 Å². The van der Waals surface area contributed by atoms with Crippen molar-refractivity contribution in [1.82, 2.24) is 0 Å². The van der Waals surface area contributed by atoms with E-state index in [0.29, 0.717) is 0 Å². The van der Waals surface area contributed by atoms with Crippen LogP contribution in [0.25, 0.3) is 0 Å². The molecular formula is C28H62Cl4N2O10P4. The van der Waals surface area contributed by atoms with Crippen LogP contribution in [-0.2, 0) is 26.9 Å². The van der Waals surface area contributed by atoms with Gasteiger partial charge in [0.25, 0.3) is 0 Å². The second kappa shape index (κ2) is 22.9. The van der Waals surface area contributed by atoms with Crippen LogP contribution in [0, 0.1) is 0 Å². The first kappa shape index (κ1) is 51.9. The van der Waals surface area contributed by atoms with Crippen LogP contribution in [0.1, 0.15) is 119 Å². The molecule has 0 aromatic rings. The van der Waals surface area contributed by atoms with Gasteiger partial charge < -0.3 is 37.7 Å². The van der Waals surface area contributed by atoms with Crippen LogP contribution < -0.4 is 9.79 Å². The fourth-order valence-electron chi connectivity index (χ4n) is 4.71. The van der Waals surface area contributed by atoms with Gasteiger partial charge in [0.2, 0.25) is 3.82 Å². The molecule has 2 N–H and O–H groups in total. The number of halogens is 4. The van der Waals surface area contributed by atoms with Crippen molar-refractivity contribution in [3.05, 3.63) is 0 Å². The number of unbranched alkanes of at least 4 members (excludes halogenated alkanes) is 6. The molecule has 1 aliphatic rings. The van der Waals surface area contributed by atoms with Crippen molar-refractivity contribution in [2.45, 2.75) is 126 Å². The molecule has 0 bridgehead atoms. The summed E-state index contributed by atoms with van der Waals surface area (Å²) in [5, 5.41) is 0. The van der Waals surface area contributed by atoms with Crippen LogP contribution in [0.3, 0.4) is 0 Å². The summed E-state index contributed by atoms with van der Waals surface area (Å²) in [5.74, 6) is 0. The Morgan fingerprint density at radius 2 is 0.833 bits per heavy atom. The Bertz CT molecular complexity index is 1010. The van der Waals surface area contributed by atoms with Crippen molar-refractivity contribution in [2.24, 2.45) is 0 Å². The minimum atomic E-state index is -5.89. The number of nitrogens with zero attached hydrogens (tertiary/aromatic N) is 2. The number of hydrogen-bond donors (Lipinski definition) is 2. The molecule has 48 heavy (non-hydrogen) atoms. The molecule has 0 spiro atoms. The first-order chi connectivity index (χ1) is 21.8. The van der Waals surface area contributed by atoms with E-state index in [9.17, 15) is 28.0 Å². The highest BCUT2D eigenvalue weighted by Gasteiger charge is 2.70. The molecule has 0 aromatic heterocycles. The fourth-order valence-corrected chi connectivity index (χ4v) is 15.0. The van der Waals surface area contributed by atoms with Crippen LogP contribution in [0.5, 0.6) is 0 Å². The molecule has 1 fully saturated rings. The van der Waals surface area contributed by atoms with Gasteiger partial charge in [0, 0.05) is 0 Å². The molecule has 20 heteroatoms. The average molecular weight is 853 g/mol. The summed E-state index contributed by atoms with van der Waals surface area (Å²) in [7, 11) is -18.5. The van der Waals surface area contributed by atoms with Crippen LogP contribution in [0.4, 0.5) is 0 Å². The predicted molar refractivity (Wildman–Crippen MR) is 197 cm³/mol. The lowest BCUT2D eigenvalue weighted by Gasteiger charge is -2.49. The van der Waals surface area contributed by atoms with E-state index >= 15 is 0 Å². The number of hydrogen-bond acceptors (Lipinski definition) is 8. The van der Waals surface area contributed by atoms with Gasteiger partial charge in [-0.2, -0.15) is 0 Å². The first-order valence-corrected chi connectivity index (χ1v) is 24.7. The molecule has 292 valence electrons. The summed E-state index contributed by atoms with van der Waals surface area (Å²) in [6, 6.07) is 0. The average Bonchev–Trinajstić information content (AvgIpc) is 2.97. The third kappa shape index (κ3) is 16.4. The SMILES string of the molecule is CCCC[N+](C)(CCCC)CCCC.CCCC[N+](C)(CCCC)CCCC.O=P(O)(O)C(Cl)(Cl)P1(=O)OP(=O)([O-])C(Cl)(Cl)P(=O)([O-])O1. The Balaban J connectivity index is 0. The van der Waals surface area contributed by atoms with Gasteiger partial charge in [0.05, 0.1) is 53.4 Å². The molecule has 1 heterocycles. The lowest BCUT2D eigenvalue weighted by molar-refractivity contribution is -0.910. The topological polar surface area (TPSA) is 173 Å². The van der Waals surface area contributed by atoms with Crippen molar-refractivity contribution in [2.75, 3.05) is 53.4 Å². The van der Waals surface area contributed by atoms with E-state index in [2.05, 4.69) is 64.3 Å². The Morgan fingerprint density at radius 1 is 0.625 bits per heavy atom. The molecule has 0 radical (unpaired) electrons. The van der Waals surface area contributed by atoms with Crippen molar-refractivity contribution in [3.8, 4) is 0 Å². The smallest absolute Gasteiger partial charge is 0.388 e. The standard InChI is InChI=1S/2C13H30N.C2H4Cl4O10P4/c2*1-5-8-11-14(4,12-9-6-2)13-10-7-3;3-1(4,17(7,8)9)20(14)15-18(10,11)2(5,6)19(12,13)16-20/h2*5-13H2,1-4H3;(H,10,11)(H,12,13)(H2,7,8,9)/q2*+1;/p-2. The second-order valence-electron chi connectivity index (χ2n) is 12.9. The van der Waals surface area contributed by atoms with Gasteiger partial charge in [0.1, 0.15) is 0 Å². The van der Waals surface area contributed by atoms with Crippen LogP contribution in [-0.4, -0.2) is 79.7 Å². The van der Waals surface area contributed by atoms with E-state index in [0.717, 1.165) is 0 Å². The summed E-state index contributed by atoms with van der Waals surface area (Å²) in [6.45, 7) is 22.1. The third-order valence-electron chi connectivity index (χ3n) is 8.08. The molecule has 2 atom stereocenters. The van der Waals surface area contributed by atoms with E-state index in [1.807, 2.05) is 0 Å². The van der Waals surface area contributed by atoms with Crippen molar-refractivity contribution in [1.29, 1.82) is 0 Å².